The predicted octanol–water partition coefficient (Wildman–Crippen LogP) is 4.30. The van der Waals surface area contributed by atoms with Gasteiger partial charge in [0, 0.05) is 13.5 Å². The van der Waals surface area contributed by atoms with E-state index in [9.17, 15) is 9.18 Å². The molecule has 3 heterocycles. The summed E-state index contributed by atoms with van der Waals surface area (Å²) in [5.74, 6) is -0.00440. The molecule has 0 aliphatic carbocycles. The van der Waals surface area contributed by atoms with Crippen molar-refractivity contribution < 1.29 is 13.9 Å². The molecule has 0 saturated carbocycles. The number of thiophene rings is 1. The van der Waals surface area contributed by atoms with Gasteiger partial charge in [-0.25, -0.2) is 4.39 Å². The van der Waals surface area contributed by atoms with Gasteiger partial charge in [-0.2, -0.15) is 5.10 Å². The number of nitrogens with one attached hydrogen (secondary N) is 1. The monoisotopic (exact) mass is 369 g/mol. The first-order chi connectivity index (χ1) is 12.6. The number of ether oxygens (including phenoxy) is 1. The summed E-state index contributed by atoms with van der Waals surface area (Å²) in [6.45, 7) is 0.681. The van der Waals surface area contributed by atoms with Gasteiger partial charge in [-0.05, 0) is 36.4 Å². The molecule has 2 aromatic heterocycles. The highest BCUT2D eigenvalue weighted by Crippen LogP contribution is 2.31. The fourth-order valence-corrected chi connectivity index (χ4v) is 3.71. The molecule has 1 aliphatic rings. The highest BCUT2D eigenvalue weighted by atomic mass is 32.1. The molecule has 26 heavy (non-hydrogen) atoms. The van der Waals surface area contributed by atoms with Crippen molar-refractivity contribution in [2.45, 2.75) is 6.42 Å². The average molecular weight is 369 g/mol. The standard InChI is InChI=1S/C19H16FN3O2S/c1-23-15(11-14(22-23)16-7-4-10-25-16)17-8-9-18(26-17)19(24)21-13-6-3-2-5-12(13)20/h2-3,5-9,11H,4,10H2,1H3,(H,21,24). The van der Waals surface area contributed by atoms with E-state index in [0.29, 0.717) is 11.5 Å². The first-order valence-corrected chi connectivity index (χ1v) is 8.97. The van der Waals surface area contributed by atoms with Gasteiger partial charge < -0.3 is 10.1 Å². The maximum atomic E-state index is 13.7. The minimum Gasteiger partial charge on any atom is -0.491 e. The minimum absolute atomic E-state index is 0.167. The van der Waals surface area contributed by atoms with E-state index in [1.165, 1.54) is 23.5 Å². The van der Waals surface area contributed by atoms with Gasteiger partial charge in [0.15, 0.2) is 0 Å². The quantitative estimate of drug-likeness (QED) is 0.746. The molecular formula is C19H16FN3O2S. The Hall–Kier alpha value is -2.93. The van der Waals surface area contributed by atoms with Crippen LogP contribution in [0.15, 0.2) is 48.5 Å². The summed E-state index contributed by atoms with van der Waals surface area (Å²) >= 11 is 1.33. The first-order valence-electron chi connectivity index (χ1n) is 8.15. The smallest absolute Gasteiger partial charge is 0.265 e. The number of aryl methyl sites for hydroxylation is 1. The fraction of sp³-hybridized carbons (Fsp3) is 0.158. The third kappa shape index (κ3) is 3.13. The number of carbonyl (C=O) groups is 1. The van der Waals surface area contributed by atoms with Crippen molar-refractivity contribution in [2.24, 2.45) is 7.05 Å². The molecule has 132 valence electrons. The van der Waals surface area contributed by atoms with Crippen LogP contribution in [0.25, 0.3) is 16.3 Å². The van der Waals surface area contributed by atoms with Crippen LogP contribution in [0.2, 0.25) is 0 Å². The largest absolute Gasteiger partial charge is 0.491 e. The number of hydrogen-bond acceptors (Lipinski definition) is 4. The SMILES string of the molecule is Cn1nc(C2=CCCO2)cc1-c1ccc(C(=O)Nc2ccccc2F)s1. The number of para-hydroxylation sites is 1. The Balaban J connectivity index is 1.56. The maximum Gasteiger partial charge on any atom is 0.265 e. The molecule has 0 unspecified atom stereocenters. The molecule has 1 amide bonds. The fourth-order valence-electron chi connectivity index (χ4n) is 2.76. The molecule has 0 radical (unpaired) electrons. The lowest BCUT2D eigenvalue weighted by molar-refractivity contribution is 0.103. The first kappa shape index (κ1) is 16.5. The number of nitrogens with zero attached hydrogens (tertiary/aromatic N) is 2. The van der Waals surface area contributed by atoms with E-state index in [4.69, 9.17) is 4.74 Å². The Kier molecular flexibility index (Phi) is 4.30. The van der Waals surface area contributed by atoms with Gasteiger partial charge in [0.2, 0.25) is 0 Å². The van der Waals surface area contributed by atoms with Crippen LogP contribution in [0.1, 0.15) is 21.8 Å². The number of carbonyl (C=O) groups excluding carboxylic acids is 1. The van der Waals surface area contributed by atoms with E-state index in [1.54, 1.807) is 22.9 Å². The number of amides is 1. The van der Waals surface area contributed by atoms with Crippen LogP contribution in [0, 0.1) is 5.82 Å². The third-order valence-electron chi connectivity index (χ3n) is 4.04. The van der Waals surface area contributed by atoms with Crippen LogP contribution in [-0.4, -0.2) is 22.3 Å². The second-order valence-corrected chi connectivity index (χ2v) is 6.93. The number of halogens is 1. The Morgan fingerprint density at radius 1 is 1.31 bits per heavy atom. The molecule has 0 atom stereocenters. The number of hydrogen-bond donors (Lipinski definition) is 1. The Morgan fingerprint density at radius 3 is 2.92 bits per heavy atom. The normalized spacial score (nSPS) is 13.4. The van der Waals surface area contributed by atoms with Crippen LogP contribution in [-0.2, 0) is 11.8 Å². The zero-order chi connectivity index (χ0) is 18.1. The lowest BCUT2D eigenvalue weighted by Crippen LogP contribution is -2.11. The zero-order valence-corrected chi connectivity index (χ0v) is 14.8. The van der Waals surface area contributed by atoms with Gasteiger partial charge in [-0.3, -0.25) is 9.48 Å². The van der Waals surface area contributed by atoms with E-state index in [1.807, 2.05) is 25.3 Å². The van der Waals surface area contributed by atoms with E-state index in [2.05, 4.69) is 10.4 Å². The Labute approximate surface area is 153 Å². The van der Waals surface area contributed by atoms with Crippen LogP contribution >= 0.6 is 11.3 Å². The highest BCUT2D eigenvalue weighted by molar-refractivity contribution is 7.17. The number of benzene rings is 1. The summed E-state index contributed by atoms with van der Waals surface area (Å²) < 4.78 is 21.0. The average Bonchev–Trinajstić information content (AvgIpc) is 3.36. The lowest BCUT2D eigenvalue weighted by Gasteiger charge is -2.04. The van der Waals surface area contributed by atoms with E-state index in [-0.39, 0.29) is 11.6 Å². The Bertz CT molecular complexity index is 1010. The van der Waals surface area contributed by atoms with Crippen molar-refractivity contribution >= 4 is 28.7 Å². The molecule has 1 N–H and O–H groups in total. The molecule has 1 aromatic carbocycles. The topological polar surface area (TPSA) is 56.2 Å². The third-order valence-corrected chi connectivity index (χ3v) is 5.15. The lowest BCUT2D eigenvalue weighted by atomic mass is 10.2. The Morgan fingerprint density at radius 2 is 2.15 bits per heavy atom. The van der Waals surface area contributed by atoms with Crippen molar-refractivity contribution in [1.29, 1.82) is 0 Å². The minimum atomic E-state index is -0.459. The van der Waals surface area contributed by atoms with Crippen molar-refractivity contribution in [3.63, 3.8) is 0 Å². The van der Waals surface area contributed by atoms with E-state index in [0.717, 1.165) is 28.4 Å². The maximum absolute atomic E-state index is 13.7. The molecule has 0 fully saturated rings. The van der Waals surface area contributed by atoms with Crippen LogP contribution in [0.4, 0.5) is 10.1 Å². The molecule has 1 aliphatic heterocycles. The predicted molar refractivity (Wildman–Crippen MR) is 99.4 cm³/mol. The molecule has 4 rings (SSSR count). The number of aromatic nitrogens is 2. The summed E-state index contributed by atoms with van der Waals surface area (Å²) in [7, 11) is 1.85. The summed E-state index contributed by atoms with van der Waals surface area (Å²) in [5, 5.41) is 7.08. The van der Waals surface area contributed by atoms with Crippen molar-refractivity contribution in [2.75, 3.05) is 11.9 Å². The molecular weight excluding hydrogens is 353 g/mol. The molecule has 0 saturated heterocycles. The van der Waals surface area contributed by atoms with Crippen molar-refractivity contribution in [3.05, 3.63) is 64.9 Å². The zero-order valence-electron chi connectivity index (χ0n) is 14.0. The van der Waals surface area contributed by atoms with E-state index < -0.39 is 5.82 Å². The van der Waals surface area contributed by atoms with Gasteiger partial charge in [0.25, 0.3) is 5.91 Å². The molecule has 3 aromatic rings. The van der Waals surface area contributed by atoms with Crippen molar-refractivity contribution in [3.8, 4) is 10.6 Å². The van der Waals surface area contributed by atoms with Gasteiger partial charge in [0.05, 0.1) is 27.7 Å². The number of rotatable bonds is 4. The van der Waals surface area contributed by atoms with Crippen LogP contribution < -0.4 is 5.32 Å². The van der Waals surface area contributed by atoms with Gasteiger partial charge in [-0.15, -0.1) is 11.3 Å². The summed E-state index contributed by atoms with van der Waals surface area (Å²) in [5.41, 5.74) is 1.85. The molecule has 7 heteroatoms. The summed E-state index contributed by atoms with van der Waals surface area (Å²) in [4.78, 5) is 13.8. The van der Waals surface area contributed by atoms with E-state index >= 15 is 0 Å². The van der Waals surface area contributed by atoms with Crippen LogP contribution in [0.5, 0.6) is 0 Å². The van der Waals surface area contributed by atoms with Gasteiger partial charge >= 0.3 is 0 Å². The second-order valence-electron chi connectivity index (χ2n) is 5.84. The highest BCUT2D eigenvalue weighted by Gasteiger charge is 2.18. The molecule has 0 spiro atoms. The molecule has 5 nitrogen and oxygen atoms in total. The summed E-state index contributed by atoms with van der Waals surface area (Å²) in [6.07, 6.45) is 2.91. The summed E-state index contributed by atoms with van der Waals surface area (Å²) in [6, 6.07) is 11.6. The van der Waals surface area contributed by atoms with Crippen molar-refractivity contribution in [1.82, 2.24) is 9.78 Å². The number of anilines is 1. The van der Waals surface area contributed by atoms with Gasteiger partial charge in [0.1, 0.15) is 17.3 Å². The van der Waals surface area contributed by atoms with Crippen LogP contribution in [0.3, 0.4) is 0 Å². The second kappa shape index (κ2) is 6.76. The molecule has 0 bridgehead atoms. The van der Waals surface area contributed by atoms with Gasteiger partial charge in [-0.1, -0.05) is 12.1 Å².